The van der Waals surface area contributed by atoms with Gasteiger partial charge in [0.25, 0.3) is 0 Å². The van der Waals surface area contributed by atoms with E-state index in [-0.39, 0.29) is 18.2 Å². The van der Waals surface area contributed by atoms with E-state index in [0.717, 1.165) is 39.3 Å². The van der Waals surface area contributed by atoms with Crippen LogP contribution in [0, 0.1) is 0 Å². The van der Waals surface area contributed by atoms with Crippen molar-refractivity contribution in [3.8, 4) is 0 Å². The lowest BCUT2D eigenvalue weighted by atomic mass is 10.0. The maximum Gasteiger partial charge on any atom is 0.227 e. The fraction of sp³-hybridized carbons (Fsp3) is 0.625. The number of rotatable bonds is 4. The van der Waals surface area contributed by atoms with Crippen molar-refractivity contribution in [3.05, 3.63) is 23.2 Å². The number of aliphatic hydroxyl groups is 1. The highest BCUT2D eigenvalue weighted by Crippen LogP contribution is 2.33. The molecule has 0 atom stereocenters. The molecule has 0 amide bonds. The summed E-state index contributed by atoms with van der Waals surface area (Å²) in [7, 11) is 0. The van der Waals surface area contributed by atoms with Crippen LogP contribution in [0.25, 0.3) is 0 Å². The second kappa shape index (κ2) is 5.65. The van der Waals surface area contributed by atoms with Crippen LogP contribution >= 0.6 is 0 Å². The van der Waals surface area contributed by atoms with E-state index in [0.29, 0.717) is 17.1 Å². The smallest absolute Gasteiger partial charge is 0.227 e. The Morgan fingerprint density at radius 2 is 1.43 bits per heavy atom. The summed E-state index contributed by atoms with van der Waals surface area (Å²) in [6.07, 6.45) is 1.52. The zero-order chi connectivity index (χ0) is 16.8. The number of carbonyl (C=O) groups is 2. The molecule has 0 unspecified atom stereocenters. The average Bonchev–Trinajstić information content (AvgIpc) is 3.34. The first kappa shape index (κ1) is 16.0. The minimum absolute atomic E-state index is 0.00546. The summed E-state index contributed by atoms with van der Waals surface area (Å²) >= 11 is 0. The van der Waals surface area contributed by atoms with E-state index in [1.165, 1.54) is 6.08 Å². The van der Waals surface area contributed by atoms with Crippen molar-refractivity contribution in [2.75, 3.05) is 45.9 Å². The van der Waals surface area contributed by atoms with Crippen LogP contribution in [0.15, 0.2) is 23.2 Å². The Bertz CT molecular complexity index is 591. The minimum atomic E-state index is -0.403. The van der Waals surface area contributed by atoms with Crippen LogP contribution in [-0.2, 0) is 9.59 Å². The van der Waals surface area contributed by atoms with Crippen molar-refractivity contribution in [1.29, 1.82) is 0 Å². The molecule has 4 aliphatic rings. The second-order valence-electron chi connectivity index (χ2n) is 7.03. The Labute approximate surface area is 136 Å². The van der Waals surface area contributed by atoms with Gasteiger partial charge in [0.15, 0.2) is 0 Å². The van der Waals surface area contributed by atoms with E-state index in [2.05, 4.69) is 0 Å². The van der Waals surface area contributed by atoms with Crippen LogP contribution in [0.3, 0.4) is 0 Å². The quantitative estimate of drug-likeness (QED) is 0.502. The molecule has 0 aromatic heterocycles. The van der Waals surface area contributed by atoms with Crippen molar-refractivity contribution in [2.24, 2.45) is 5.73 Å². The summed E-state index contributed by atoms with van der Waals surface area (Å²) < 4.78 is 0. The lowest BCUT2D eigenvalue weighted by molar-refractivity contribution is -0.117. The molecule has 23 heavy (non-hydrogen) atoms. The molecule has 0 aromatic rings. The molecule has 3 saturated heterocycles. The Balaban J connectivity index is 0.000000227. The Morgan fingerprint density at radius 1 is 1.00 bits per heavy atom. The van der Waals surface area contributed by atoms with Crippen LogP contribution in [-0.4, -0.2) is 82.8 Å². The van der Waals surface area contributed by atoms with Crippen molar-refractivity contribution >= 4 is 11.6 Å². The van der Waals surface area contributed by atoms with Gasteiger partial charge in [-0.1, -0.05) is 0 Å². The first-order valence-corrected chi connectivity index (χ1v) is 8.01. The van der Waals surface area contributed by atoms with Crippen molar-refractivity contribution in [3.63, 3.8) is 0 Å². The van der Waals surface area contributed by atoms with E-state index in [4.69, 9.17) is 10.8 Å². The highest BCUT2D eigenvalue weighted by Gasteiger charge is 2.43. The van der Waals surface area contributed by atoms with Gasteiger partial charge in [0.1, 0.15) is 11.4 Å². The molecule has 4 rings (SSSR count). The number of nitrogens with zero attached hydrogens (tertiary/aromatic N) is 3. The van der Waals surface area contributed by atoms with Crippen LogP contribution < -0.4 is 5.73 Å². The zero-order valence-electron chi connectivity index (χ0n) is 13.7. The molecule has 3 aliphatic heterocycles. The van der Waals surface area contributed by atoms with Gasteiger partial charge in [-0.2, -0.15) is 0 Å². The minimum Gasteiger partial charge on any atom is -0.394 e. The van der Waals surface area contributed by atoms with E-state index in [9.17, 15) is 9.59 Å². The predicted octanol–water partition coefficient (Wildman–Crippen LogP) is -1.10. The van der Waals surface area contributed by atoms with E-state index < -0.39 is 5.54 Å². The summed E-state index contributed by atoms with van der Waals surface area (Å²) in [6.45, 7) is 9.00. The van der Waals surface area contributed by atoms with Crippen molar-refractivity contribution in [1.82, 2.24) is 14.7 Å². The standard InChI is InChI=1S/C12H13N3O2.C4H11NO/c16-9-7-8(13-1-2-13)12(17)11(15-5-6-15)10(9)14-3-4-14;1-4(2,5)3-6/h7H,1-6H2;6H,3,5H2,1-2H3. The third-order valence-corrected chi connectivity index (χ3v) is 3.90. The summed E-state index contributed by atoms with van der Waals surface area (Å²) in [6, 6.07) is 0. The molecular formula is C16H24N4O3. The number of Topliss-reactive ketones (excluding diaryl/α,β-unsaturated/α-hetero) is 1. The van der Waals surface area contributed by atoms with Gasteiger partial charge in [0.2, 0.25) is 11.6 Å². The van der Waals surface area contributed by atoms with Gasteiger partial charge in [-0.25, -0.2) is 0 Å². The first-order valence-electron chi connectivity index (χ1n) is 8.01. The topological polar surface area (TPSA) is 89.4 Å². The molecule has 3 fully saturated rings. The first-order chi connectivity index (χ1) is 10.8. The molecule has 126 valence electrons. The van der Waals surface area contributed by atoms with E-state index in [1.54, 1.807) is 13.8 Å². The number of carbonyl (C=O) groups excluding carboxylic acids is 2. The molecule has 0 aromatic carbocycles. The number of allylic oxidation sites excluding steroid dienone is 1. The molecular weight excluding hydrogens is 296 g/mol. The van der Waals surface area contributed by atoms with Crippen LogP contribution in [0.5, 0.6) is 0 Å². The van der Waals surface area contributed by atoms with Gasteiger partial charge in [-0.15, -0.1) is 0 Å². The maximum atomic E-state index is 12.4. The summed E-state index contributed by atoms with van der Waals surface area (Å²) in [4.78, 5) is 30.5. The number of hydrogen-bond donors (Lipinski definition) is 2. The molecule has 0 radical (unpaired) electrons. The van der Waals surface area contributed by atoms with Gasteiger partial charge in [0.05, 0.1) is 12.3 Å². The maximum absolute atomic E-state index is 12.4. The zero-order valence-corrected chi connectivity index (χ0v) is 13.7. The van der Waals surface area contributed by atoms with Crippen LogP contribution in [0.1, 0.15) is 13.8 Å². The second-order valence-corrected chi connectivity index (χ2v) is 7.03. The van der Waals surface area contributed by atoms with E-state index in [1.807, 2.05) is 14.7 Å². The molecule has 0 saturated carbocycles. The Hall–Kier alpha value is -1.86. The fourth-order valence-electron chi connectivity index (χ4n) is 2.28. The van der Waals surface area contributed by atoms with Gasteiger partial charge < -0.3 is 25.5 Å². The van der Waals surface area contributed by atoms with Gasteiger partial charge in [0, 0.05) is 50.9 Å². The Morgan fingerprint density at radius 3 is 1.83 bits per heavy atom. The molecule has 0 bridgehead atoms. The predicted molar refractivity (Wildman–Crippen MR) is 85.2 cm³/mol. The highest BCUT2D eigenvalue weighted by molar-refractivity contribution is 6.22. The molecule has 0 spiro atoms. The molecule has 7 heteroatoms. The highest BCUT2D eigenvalue weighted by atomic mass is 16.3. The van der Waals surface area contributed by atoms with Gasteiger partial charge >= 0.3 is 0 Å². The third-order valence-electron chi connectivity index (χ3n) is 3.90. The van der Waals surface area contributed by atoms with E-state index >= 15 is 0 Å². The van der Waals surface area contributed by atoms with Crippen molar-refractivity contribution in [2.45, 2.75) is 19.4 Å². The lowest BCUT2D eigenvalue weighted by Gasteiger charge is -2.21. The number of ketones is 2. The molecule has 1 aliphatic carbocycles. The van der Waals surface area contributed by atoms with Crippen LogP contribution in [0.2, 0.25) is 0 Å². The fourth-order valence-corrected chi connectivity index (χ4v) is 2.28. The number of aliphatic hydroxyl groups excluding tert-OH is 1. The molecule has 3 N–H and O–H groups in total. The average molecular weight is 320 g/mol. The summed E-state index contributed by atoms with van der Waals surface area (Å²) in [5.74, 6) is 0.0485. The largest absolute Gasteiger partial charge is 0.394 e. The molecule has 7 nitrogen and oxygen atoms in total. The normalized spacial score (nSPS) is 22.8. The van der Waals surface area contributed by atoms with Gasteiger partial charge in [-0.3, -0.25) is 9.59 Å². The summed E-state index contributed by atoms with van der Waals surface area (Å²) in [5, 5.41) is 8.28. The number of hydrogen-bond acceptors (Lipinski definition) is 7. The van der Waals surface area contributed by atoms with Gasteiger partial charge in [-0.05, 0) is 13.8 Å². The monoisotopic (exact) mass is 320 g/mol. The lowest BCUT2D eigenvalue weighted by Crippen LogP contribution is -2.35. The third kappa shape index (κ3) is 3.73. The number of nitrogens with two attached hydrogens (primary N) is 1. The SMILES string of the molecule is CC(C)(N)CO.O=C1C=C(N2CC2)C(=O)C(N2CC2)=C1N1CC1. The summed E-state index contributed by atoms with van der Waals surface area (Å²) in [5.41, 5.74) is 6.77. The van der Waals surface area contributed by atoms with Crippen LogP contribution in [0.4, 0.5) is 0 Å². The molecule has 3 heterocycles. The Kier molecular flexibility index (Phi) is 3.93. The van der Waals surface area contributed by atoms with Crippen molar-refractivity contribution < 1.29 is 14.7 Å².